The number of pyridine rings is 1. The fraction of sp³-hybridized carbons (Fsp3) is 0.467. The Morgan fingerprint density at radius 3 is 2.60 bits per heavy atom. The van der Waals surface area contributed by atoms with Crippen LogP contribution in [0.25, 0.3) is 5.82 Å². The third kappa shape index (κ3) is 3.19. The molecular weight excluding hydrogens is 272 g/mol. The van der Waals surface area contributed by atoms with E-state index in [2.05, 4.69) is 34.5 Å². The van der Waals surface area contributed by atoms with E-state index >= 15 is 0 Å². The molecule has 0 atom stereocenters. The van der Waals surface area contributed by atoms with E-state index in [-0.39, 0.29) is 0 Å². The lowest BCUT2D eigenvalue weighted by Crippen LogP contribution is -2.15. The lowest BCUT2D eigenvalue weighted by Gasteiger charge is -2.09. The Hall–Kier alpha value is -1.39. The van der Waals surface area contributed by atoms with Crippen LogP contribution < -0.4 is 5.32 Å². The van der Waals surface area contributed by atoms with E-state index in [0.29, 0.717) is 5.02 Å². The molecule has 108 valence electrons. The Morgan fingerprint density at radius 2 is 2.00 bits per heavy atom. The lowest BCUT2D eigenvalue weighted by atomic mass is 10.2. The van der Waals surface area contributed by atoms with Gasteiger partial charge in [-0.1, -0.05) is 18.5 Å². The number of hydrogen-bond acceptors (Lipinski definition) is 3. The molecule has 5 heteroatoms. The van der Waals surface area contributed by atoms with Crippen molar-refractivity contribution in [1.29, 1.82) is 0 Å². The molecule has 0 aromatic carbocycles. The fourth-order valence-electron chi connectivity index (χ4n) is 2.19. The molecule has 2 heterocycles. The van der Waals surface area contributed by atoms with Crippen molar-refractivity contribution in [2.75, 3.05) is 6.54 Å². The molecule has 0 spiro atoms. The van der Waals surface area contributed by atoms with Crippen LogP contribution in [0.5, 0.6) is 0 Å². The predicted octanol–water partition coefficient (Wildman–Crippen LogP) is 3.35. The van der Waals surface area contributed by atoms with E-state index in [0.717, 1.165) is 42.4 Å². The monoisotopic (exact) mass is 292 g/mol. The molecule has 0 radical (unpaired) electrons. The zero-order valence-electron chi connectivity index (χ0n) is 12.5. The van der Waals surface area contributed by atoms with Gasteiger partial charge in [0.05, 0.1) is 16.4 Å². The maximum absolute atomic E-state index is 6.21. The highest BCUT2D eigenvalue weighted by Gasteiger charge is 2.12. The molecular formula is C15H21ClN4. The highest BCUT2D eigenvalue weighted by molar-refractivity contribution is 6.31. The first-order valence-corrected chi connectivity index (χ1v) is 7.31. The largest absolute Gasteiger partial charge is 0.313 e. The van der Waals surface area contributed by atoms with Crippen LogP contribution in [0.4, 0.5) is 0 Å². The van der Waals surface area contributed by atoms with Gasteiger partial charge < -0.3 is 5.32 Å². The summed E-state index contributed by atoms with van der Waals surface area (Å²) in [4.78, 5) is 4.56. The van der Waals surface area contributed by atoms with Gasteiger partial charge in [-0.2, -0.15) is 5.10 Å². The molecule has 0 unspecified atom stereocenters. The van der Waals surface area contributed by atoms with Crippen molar-refractivity contribution in [1.82, 2.24) is 20.1 Å². The molecule has 0 saturated carbocycles. The van der Waals surface area contributed by atoms with Gasteiger partial charge in [0.15, 0.2) is 5.82 Å². The third-order valence-corrected chi connectivity index (χ3v) is 3.72. The van der Waals surface area contributed by atoms with Crippen molar-refractivity contribution in [3.05, 3.63) is 39.8 Å². The summed E-state index contributed by atoms with van der Waals surface area (Å²) < 4.78 is 1.81. The van der Waals surface area contributed by atoms with E-state index in [9.17, 15) is 0 Å². The summed E-state index contributed by atoms with van der Waals surface area (Å²) in [5.41, 5.74) is 3.96. The van der Waals surface area contributed by atoms with Crippen LogP contribution in [-0.2, 0) is 6.54 Å². The first kappa shape index (κ1) is 15.0. The van der Waals surface area contributed by atoms with Crippen LogP contribution in [0, 0.1) is 20.8 Å². The van der Waals surface area contributed by atoms with Gasteiger partial charge in [0.2, 0.25) is 0 Å². The summed E-state index contributed by atoms with van der Waals surface area (Å²) in [7, 11) is 0. The average Bonchev–Trinajstić information content (AvgIpc) is 2.66. The summed E-state index contributed by atoms with van der Waals surface area (Å²) in [5.74, 6) is 0.825. The Bertz CT molecular complexity index is 604. The summed E-state index contributed by atoms with van der Waals surface area (Å²) in [6, 6.07) is 4.16. The molecule has 0 aliphatic carbocycles. The van der Waals surface area contributed by atoms with Gasteiger partial charge in [0.1, 0.15) is 0 Å². The van der Waals surface area contributed by atoms with Crippen LogP contribution in [0.2, 0.25) is 5.02 Å². The molecule has 4 nitrogen and oxygen atoms in total. The van der Waals surface area contributed by atoms with Crippen LogP contribution >= 0.6 is 11.6 Å². The van der Waals surface area contributed by atoms with Crippen molar-refractivity contribution < 1.29 is 0 Å². The van der Waals surface area contributed by atoms with E-state index in [4.69, 9.17) is 11.6 Å². The quantitative estimate of drug-likeness (QED) is 0.860. The van der Waals surface area contributed by atoms with Gasteiger partial charge in [0, 0.05) is 12.2 Å². The van der Waals surface area contributed by atoms with Gasteiger partial charge >= 0.3 is 0 Å². The molecule has 2 rings (SSSR count). The zero-order valence-corrected chi connectivity index (χ0v) is 13.3. The molecule has 20 heavy (non-hydrogen) atoms. The Morgan fingerprint density at radius 1 is 1.25 bits per heavy atom. The molecule has 0 fully saturated rings. The smallest absolute Gasteiger partial charge is 0.154 e. The summed E-state index contributed by atoms with van der Waals surface area (Å²) in [6.07, 6.45) is 1.13. The second kappa shape index (κ2) is 6.37. The van der Waals surface area contributed by atoms with Crippen molar-refractivity contribution in [2.45, 2.75) is 40.7 Å². The SMILES string of the molecule is CCCNCc1cc(C)nc(-n2nc(C)c(Cl)c2C)c1. The second-order valence-electron chi connectivity index (χ2n) is 5.05. The molecule has 2 aromatic heterocycles. The maximum Gasteiger partial charge on any atom is 0.154 e. The topological polar surface area (TPSA) is 42.7 Å². The van der Waals surface area contributed by atoms with Crippen LogP contribution in [0.1, 0.15) is 36.0 Å². The Balaban J connectivity index is 2.34. The minimum atomic E-state index is 0.707. The number of halogens is 1. The molecule has 0 bridgehead atoms. The van der Waals surface area contributed by atoms with E-state index in [1.165, 1.54) is 5.56 Å². The summed E-state index contributed by atoms with van der Waals surface area (Å²) >= 11 is 6.21. The van der Waals surface area contributed by atoms with Gasteiger partial charge in [-0.05, 0) is 51.4 Å². The first-order valence-electron chi connectivity index (χ1n) is 6.93. The van der Waals surface area contributed by atoms with Crippen molar-refractivity contribution in [2.24, 2.45) is 0 Å². The standard InChI is InChI=1S/C15H21ClN4/c1-5-6-17-9-13-7-10(2)18-14(8-13)20-12(4)15(16)11(3)19-20/h7-8,17H,5-6,9H2,1-4H3. The van der Waals surface area contributed by atoms with Crippen molar-refractivity contribution in [3.63, 3.8) is 0 Å². The number of hydrogen-bond donors (Lipinski definition) is 1. The van der Waals surface area contributed by atoms with Crippen LogP contribution in [0.15, 0.2) is 12.1 Å². The predicted molar refractivity (Wildman–Crippen MR) is 82.6 cm³/mol. The molecule has 0 saturated heterocycles. The Kier molecular flexibility index (Phi) is 4.78. The molecule has 0 aliphatic rings. The van der Waals surface area contributed by atoms with Gasteiger partial charge in [-0.25, -0.2) is 9.67 Å². The number of aryl methyl sites for hydroxylation is 2. The molecule has 1 N–H and O–H groups in total. The van der Waals surface area contributed by atoms with Crippen LogP contribution in [-0.4, -0.2) is 21.3 Å². The zero-order chi connectivity index (χ0) is 14.7. The number of nitrogens with zero attached hydrogens (tertiary/aromatic N) is 3. The second-order valence-corrected chi connectivity index (χ2v) is 5.43. The van der Waals surface area contributed by atoms with E-state index < -0.39 is 0 Å². The van der Waals surface area contributed by atoms with Gasteiger partial charge in [-0.3, -0.25) is 0 Å². The molecule has 0 aliphatic heterocycles. The minimum absolute atomic E-state index is 0.707. The van der Waals surface area contributed by atoms with E-state index in [1.54, 1.807) is 0 Å². The summed E-state index contributed by atoms with van der Waals surface area (Å²) in [5, 5.41) is 8.57. The van der Waals surface area contributed by atoms with E-state index in [1.807, 2.05) is 25.5 Å². The minimum Gasteiger partial charge on any atom is -0.313 e. The maximum atomic E-state index is 6.21. The number of nitrogens with one attached hydrogen (secondary N) is 1. The molecule has 0 amide bonds. The third-order valence-electron chi connectivity index (χ3n) is 3.18. The normalized spacial score (nSPS) is 11.1. The van der Waals surface area contributed by atoms with Gasteiger partial charge in [0.25, 0.3) is 0 Å². The average molecular weight is 293 g/mol. The summed E-state index contributed by atoms with van der Waals surface area (Å²) in [6.45, 7) is 9.89. The highest BCUT2D eigenvalue weighted by Crippen LogP contribution is 2.22. The van der Waals surface area contributed by atoms with Crippen molar-refractivity contribution >= 4 is 11.6 Å². The van der Waals surface area contributed by atoms with Gasteiger partial charge in [-0.15, -0.1) is 0 Å². The molecule has 2 aromatic rings. The lowest BCUT2D eigenvalue weighted by molar-refractivity contribution is 0.672. The Labute approximate surface area is 125 Å². The number of rotatable bonds is 5. The first-order chi connectivity index (χ1) is 9.52. The number of aromatic nitrogens is 3. The highest BCUT2D eigenvalue weighted by atomic mass is 35.5. The van der Waals surface area contributed by atoms with Crippen LogP contribution in [0.3, 0.4) is 0 Å². The fourth-order valence-corrected chi connectivity index (χ4v) is 2.31. The van der Waals surface area contributed by atoms with Crippen molar-refractivity contribution in [3.8, 4) is 5.82 Å².